The van der Waals surface area contributed by atoms with E-state index in [0.717, 1.165) is 5.56 Å². The monoisotopic (exact) mass is 429 g/mol. The number of amides is 3. The van der Waals surface area contributed by atoms with Crippen LogP contribution in [0.2, 0.25) is 0 Å². The van der Waals surface area contributed by atoms with Crippen LogP contribution in [-0.2, 0) is 27.3 Å². The highest BCUT2D eigenvalue weighted by Crippen LogP contribution is 2.12. The summed E-state index contributed by atoms with van der Waals surface area (Å²) in [5, 5.41) is 8.06. The molecule has 0 spiro atoms. The van der Waals surface area contributed by atoms with Crippen molar-refractivity contribution in [2.24, 2.45) is 0 Å². The highest BCUT2D eigenvalue weighted by molar-refractivity contribution is 5.92. The molecule has 0 radical (unpaired) electrons. The summed E-state index contributed by atoms with van der Waals surface area (Å²) in [6.07, 6.45) is -0.394. The van der Waals surface area contributed by atoms with Crippen LogP contribution in [0.4, 0.5) is 14.9 Å². The highest BCUT2D eigenvalue weighted by Gasteiger charge is 2.15. The highest BCUT2D eigenvalue weighted by atomic mass is 19.1. The summed E-state index contributed by atoms with van der Waals surface area (Å²) in [6, 6.07) is 13.0. The summed E-state index contributed by atoms with van der Waals surface area (Å²) in [6.45, 7) is 5.72. The number of anilines is 1. The number of rotatable bonds is 8. The van der Waals surface area contributed by atoms with E-state index in [1.807, 2.05) is 6.07 Å². The predicted octanol–water partition coefficient (Wildman–Crippen LogP) is 3.54. The Bertz CT molecular complexity index is 925. The molecular weight excluding hydrogens is 401 g/mol. The Kier molecular flexibility index (Phi) is 8.54. The summed E-state index contributed by atoms with van der Waals surface area (Å²) < 4.78 is 18.3. The molecule has 3 amide bonds. The largest absolute Gasteiger partial charge is 0.444 e. The van der Waals surface area contributed by atoms with Gasteiger partial charge in [0.25, 0.3) is 0 Å². The molecule has 0 atom stereocenters. The van der Waals surface area contributed by atoms with Crippen LogP contribution in [0.3, 0.4) is 0 Å². The summed E-state index contributed by atoms with van der Waals surface area (Å²) >= 11 is 0. The van der Waals surface area contributed by atoms with E-state index in [9.17, 15) is 18.8 Å². The molecule has 0 saturated carbocycles. The maximum atomic E-state index is 13.2. The van der Waals surface area contributed by atoms with Crippen molar-refractivity contribution in [2.45, 2.75) is 45.8 Å². The second kappa shape index (κ2) is 11.1. The molecule has 0 bridgehead atoms. The third kappa shape index (κ3) is 9.75. The Balaban J connectivity index is 1.75. The SMILES string of the molecule is CC(C)(C)OC(=O)NCCC(=O)NCc1cccc(NC(=O)Cc2cccc(F)c2)c1. The van der Waals surface area contributed by atoms with Crippen LogP contribution in [0, 0.1) is 5.82 Å². The molecule has 2 rings (SSSR count). The van der Waals surface area contributed by atoms with E-state index in [4.69, 9.17) is 4.74 Å². The average Bonchev–Trinajstić information content (AvgIpc) is 2.65. The van der Waals surface area contributed by atoms with Crippen molar-refractivity contribution in [3.05, 3.63) is 65.5 Å². The molecule has 31 heavy (non-hydrogen) atoms. The van der Waals surface area contributed by atoms with Crippen molar-refractivity contribution in [2.75, 3.05) is 11.9 Å². The normalized spacial score (nSPS) is 10.8. The lowest BCUT2D eigenvalue weighted by Crippen LogP contribution is -2.35. The average molecular weight is 429 g/mol. The molecule has 0 saturated heterocycles. The minimum atomic E-state index is -0.593. The maximum absolute atomic E-state index is 13.2. The molecule has 2 aromatic rings. The van der Waals surface area contributed by atoms with Gasteiger partial charge in [0.15, 0.2) is 0 Å². The number of hydrogen-bond donors (Lipinski definition) is 3. The van der Waals surface area contributed by atoms with Gasteiger partial charge in [-0.3, -0.25) is 9.59 Å². The molecule has 0 fully saturated rings. The van der Waals surface area contributed by atoms with Gasteiger partial charge in [-0.25, -0.2) is 9.18 Å². The van der Waals surface area contributed by atoms with Gasteiger partial charge in [-0.15, -0.1) is 0 Å². The van der Waals surface area contributed by atoms with E-state index < -0.39 is 11.7 Å². The topological polar surface area (TPSA) is 96.5 Å². The lowest BCUT2D eigenvalue weighted by molar-refractivity contribution is -0.121. The number of alkyl carbamates (subject to hydrolysis) is 1. The molecule has 0 aromatic heterocycles. The summed E-state index contributed by atoms with van der Waals surface area (Å²) in [7, 11) is 0. The molecule has 0 aliphatic rings. The quantitative estimate of drug-likeness (QED) is 0.598. The molecular formula is C23H28FN3O4. The molecule has 0 heterocycles. The summed E-state index contributed by atoms with van der Waals surface area (Å²) in [5.74, 6) is -0.874. The summed E-state index contributed by atoms with van der Waals surface area (Å²) in [5.41, 5.74) is 1.38. The van der Waals surface area contributed by atoms with Gasteiger partial charge in [0, 0.05) is 25.2 Å². The second-order valence-electron chi connectivity index (χ2n) is 8.01. The van der Waals surface area contributed by atoms with Crippen molar-refractivity contribution in [3.8, 4) is 0 Å². The number of ether oxygens (including phenoxy) is 1. The zero-order valence-electron chi connectivity index (χ0n) is 18.0. The van der Waals surface area contributed by atoms with Crippen LogP contribution in [0.5, 0.6) is 0 Å². The maximum Gasteiger partial charge on any atom is 0.407 e. The lowest BCUT2D eigenvalue weighted by Gasteiger charge is -2.19. The number of halogens is 1. The predicted molar refractivity (Wildman–Crippen MR) is 116 cm³/mol. The number of benzene rings is 2. The van der Waals surface area contributed by atoms with Gasteiger partial charge in [0.05, 0.1) is 6.42 Å². The Morgan fingerprint density at radius 3 is 2.35 bits per heavy atom. The zero-order valence-corrected chi connectivity index (χ0v) is 18.0. The summed E-state index contributed by atoms with van der Waals surface area (Å²) in [4.78, 5) is 35.7. The zero-order chi connectivity index (χ0) is 22.9. The van der Waals surface area contributed by atoms with Gasteiger partial charge in [0.1, 0.15) is 11.4 Å². The Morgan fingerprint density at radius 2 is 1.65 bits per heavy atom. The van der Waals surface area contributed by atoms with Gasteiger partial charge in [-0.2, -0.15) is 0 Å². The van der Waals surface area contributed by atoms with Gasteiger partial charge in [0.2, 0.25) is 11.8 Å². The third-order valence-corrected chi connectivity index (χ3v) is 3.97. The van der Waals surface area contributed by atoms with Crippen LogP contribution in [0.15, 0.2) is 48.5 Å². The number of nitrogens with one attached hydrogen (secondary N) is 3. The standard InChI is InChI=1S/C23H28FN3O4/c1-23(2,3)31-22(30)25-11-10-20(28)26-15-17-7-5-9-19(13-17)27-21(29)14-16-6-4-8-18(24)12-16/h4-9,12-13H,10-11,14-15H2,1-3H3,(H,25,30)(H,26,28)(H,27,29). The minimum absolute atomic E-state index is 0.0589. The van der Waals surface area contributed by atoms with E-state index >= 15 is 0 Å². The van der Waals surface area contributed by atoms with Crippen molar-refractivity contribution in [1.82, 2.24) is 10.6 Å². The van der Waals surface area contributed by atoms with Gasteiger partial charge < -0.3 is 20.7 Å². The van der Waals surface area contributed by atoms with Crippen LogP contribution < -0.4 is 16.0 Å². The molecule has 3 N–H and O–H groups in total. The number of carbonyl (C=O) groups is 3. The van der Waals surface area contributed by atoms with Crippen LogP contribution in [0.1, 0.15) is 38.3 Å². The first kappa shape index (κ1) is 23.9. The second-order valence-corrected chi connectivity index (χ2v) is 8.01. The first-order valence-electron chi connectivity index (χ1n) is 9.97. The van der Waals surface area contributed by atoms with Gasteiger partial charge in [-0.1, -0.05) is 24.3 Å². The molecule has 0 aliphatic heterocycles. The Morgan fingerprint density at radius 1 is 0.935 bits per heavy atom. The van der Waals surface area contributed by atoms with E-state index in [2.05, 4.69) is 16.0 Å². The molecule has 0 aliphatic carbocycles. The van der Waals surface area contributed by atoms with E-state index in [1.165, 1.54) is 12.1 Å². The first-order chi connectivity index (χ1) is 14.6. The minimum Gasteiger partial charge on any atom is -0.444 e. The van der Waals surface area contributed by atoms with Crippen molar-refractivity contribution in [3.63, 3.8) is 0 Å². The van der Waals surface area contributed by atoms with E-state index in [-0.39, 0.29) is 43.6 Å². The molecule has 7 nitrogen and oxygen atoms in total. The lowest BCUT2D eigenvalue weighted by atomic mass is 10.1. The Hall–Kier alpha value is -3.42. The molecule has 166 valence electrons. The van der Waals surface area contributed by atoms with Crippen LogP contribution in [0.25, 0.3) is 0 Å². The van der Waals surface area contributed by atoms with Gasteiger partial charge in [-0.05, 0) is 56.2 Å². The fraction of sp³-hybridized carbons (Fsp3) is 0.348. The van der Waals surface area contributed by atoms with Crippen LogP contribution >= 0.6 is 0 Å². The first-order valence-corrected chi connectivity index (χ1v) is 9.97. The van der Waals surface area contributed by atoms with Gasteiger partial charge >= 0.3 is 6.09 Å². The van der Waals surface area contributed by atoms with E-state index in [1.54, 1.807) is 51.1 Å². The molecule has 0 unspecified atom stereocenters. The van der Waals surface area contributed by atoms with Crippen molar-refractivity contribution < 1.29 is 23.5 Å². The number of carbonyl (C=O) groups excluding carboxylic acids is 3. The van der Waals surface area contributed by atoms with Crippen molar-refractivity contribution in [1.29, 1.82) is 0 Å². The molecule has 2 aromatic carbocycles. The Labute approximate surface area is 181 Å². The fourth-order valence-electron chi connectivity index (χ4n) is 2.68. The smallest absolute Gasteiger partial charge is 0.407 e. The van der Waals surface area contributed by atoms with Crippen LogP contribution in [-0.4, -0.2) is 30.1 Å². The van der Waals surface area contributed by atoms with Crippen molar-refractivity contribution >= 4 is 23.6 Å². The third-order valence-electron chi connectivity index (χ3n) is 3.97. The van der Waals surface area contributed by atoms with E-state index in [0.29, 0.717) is 11.3 Å². The fourth-order valence-corrected chi connectivity index (χ4v) is 2.68. The number of hydrogen-bond acceptors (Lipinski definition) is 4. The molecule has 8 heteroatoms.